The molecular weight excluding hydrogens is 210 g/mol. The molecule has 16 heavy (non-hydrogen) atoms. The summed E-state index contributed by atoms with van der Waals surface area (Å²) in [4.78, 5) is 25.8. The second kappa shape index (κ2) is 4.75. The highest BCUT2D eigenvalue weighted by Gasteiger charge is 2.21. The molecule has 1 atom stereocenters. The van der Waals surface area contributed by atoms with Crippen molar-refractivity contribution in [3.8, 4) is 0 Å². The maximum absolute atomic E-state index is 11.1. The molecule has 1 aliphatic heterocycles. The highest BCUT2D eigenvalue weighted by Crippen LogP contribution is 2.12. The summed E-state index contributed by atoms with van der Waals surface area (Å²) in [6.07, 6.45) is -0.150. The van der Waals surface area contributed by atoms with Crippen LogP contribution in [0, 0.1) is 0 Å². The lowest BCUT2D eigenvalue weighted by atomic mass is 10.1. The van der Waals surface area contributed by atoms with Gasteiger partial charge in [-0.1, -0.05) is 0 Å². The van der Waals surface area contributed by atoms with Crippen molar-refractivity contribution < 1.29 is 9.59 Å². The van der Waals surface area contributed by atoms with Gasteiger partial charge in [-0.15, -0.1) is 0 Å². The van der Waals surface area contributed by atoms with Crippen LogP contribution in [-0.4, -0.2) is 23.8 Å². The standard InChI is InChI=1S/C9H15N5O2/c1-4-7(9(12)16)13-6(14-8(4)11)3-2-5(10)15/h8H,2-3,11H2,1H3,(H2,10,15)(H2,12,16)(H,13,14). The maximum atomic E-state index is 11.1. The molecule has 88 valence electrons. The molecule has 0 aromatic heterocycles. The van der Waals surface area contributed by atoms with Crippen LogP contribution in [0.1, 0.15) is 19.8 Å². The lowest BCUT2D eigenvalue weighted by Gasteiger charge is -2.22. The van der Waals surface area contributed by atoms with Crippen LogP contribution >= 0.6 is 0 Å². The fraction of sp³-hybridized carbons (Fsp3) is 0.444. The summed E-state index contributed by atoms with van der Waals surface area (Å²) in [7, 11) is 0. The third-order valence-electron chi connectivity index (χ3n) is 2.26. The molecule has 0 aromatic carbocycles. The van der Waals surface area contributed by atoms with Crippen LogP contribution in [0.4, 0.5) is 0 Å². The number of nitrogens with one attached hydrogen (secondary N) is 1. The average Bonchev–Trinajstić information content (AvgIpc) is 2.19. The van der Waals surface area contributed by atoms with Gasteiger partial charge in [0.25, 0.3) is 5.91 Å². The molecule has 0 aliphatic carbocycles. The van der Waals surface area contributed by atoms with E-state index in [0.717, 1.165) is 0 Å². The van der Waals surface area contributed by atoms with Gasteiger partial charge in [0, 0.05) is 12.8 Å². The van der Waals surface area contributed by atoms with Gasteiger partial charge in [-0.2, -0.15) is 0 Å². The Morgan fingerprint density at radius 3 is 2.56 bits per heavy atom. The first-order valence-corrected chi connectivity index (χ1v) is 4.80. The molecule has 1 rings (SSSR count). The van der Waals surface area contributed by atoms with E-state index in [1.54, 1.807) is 6.92 Å². The van der Waals surface area contributed by atoms with Crippen LogP contribution < -0.4 is 22.5 Å². The second-order valence-electron chi connectivity index (χ2n) is 3.53. The van der Waals surface area contributed by atoms with Gasteiger partial charge in [0.05, 0.1) is 0 Å². The molecule has 0 fully saturated rings. The molecule has 7 N–H and O–H groups in total. The summed E-state index contributed by atoms with van der Waals surface area (Å²) >= 11 is 0. The quantitative estimate of drug-likeness (QED) is 0.453. The van der Waals surface area contributed by atoms with Crippen molar-refractivity contribution in [1.29, 1.82) is 0 Å². The summed E-state index contributed by atoms with van der Waals surface area (Å²) in [6.45, 7) is 1.67. The zero-order valence-corrected chi connectivity index (χ0v) is 8.99. The molecule has 0 aromatic rings. The van der Waals surface area contributed by atoms with Crippen LogP contribution in [0.15, 0.2) is 16.3 Å². The number of nitrogens with zero attached hydrogens (tertiary/aromatic N) is 1. The van der Waals surface area contributed by atoms with Crippen LogP contribution in [0.2, 0.25) is 0 Å². The van der Waals surface area contributed by atoms with Crippen molar-refractivity contribution >= 4 is 17.6 Å². The Kier molecular flexibility index (Phi) is 3.62. The van der Waals surface area contributed by atoms with E-state index in [9.17, 15) is 9.59 Å². The first-order valence-electron chi connectivity index (χ1n) is 4.80. The molecule has 1 heterocycles. The van der Waals surface area contributed by atoms with Gasteiger partial charge in [0.1, 0.15) is 17.7 Å². The van der Waals surface area contributed by atoms with E-state index in [2.05, 4.69) is 10.3 Å². The van der Waals surface area contributed by atoms with E-state index in [-0.39, 0.29) is 12.1 Å². The number of aliphatic imine (C=N–C) groups is 1. The highest BCUT2D eigenvalue weighted by molar-refractivity contribution is 6.00. The van der Waals surface area contributed by atoms with Crippen molar-refractivity contribution in [3.05, 3.63) is 11.3 Å². The number of nitrogens with two attached hydrogens (primary N) is 3. The molecule has 7 heteroatoms. The fourth-order valence-corrected chi connectivity index (χ4v) is 1.31. The first kappa shape index (κ1) is 12.2. The molecule has 0 saturated carbocycles. The molecule has 2 amide bonds. The van der Waals surface area contributed by atoms with Crippen LogP contribution in [-0.2, 0) is 9.59 Å². The SMILES string of the molecule is CC1=C(C(N)=O)NC(CCC(N)=O)=NC1N. The molecule has 0 saturated heterocycles. The van der Waals surface area contributed by atoms with Crippen molar-refractivity contribution in [3.63, 3.8) is 0 Å². The van der Waals surface area contributed by atoms with E-state index >= 15 is 0 Å². The summed E-state index contributed by atoms with van der Waals surface area (Å²) in [6, 6.07) is 0. The van der Waals surface area contributed by atoms with Crippen molar-refractivity contribution in [2.45, 2.75) is 25.9 Å². The van der Waals surface area contributed by atoms with Crippen LogP contribution in [0.5, 0.6) is 0 Å². The summed E-state index contributed by atoms with van der Waals surface area (Å²) in [5.41, 5.74) is 16.7. The molecule has 7 nitrogen and oxygen atoms in total. The number of hydrogen-bond acceptors (Lipinski definition) is 5. The number of amides is 2. The minimum atomic E-state index is -0.605. The highest BCUT2D eigenvalue weighted by atomic mass is 16.1. The monoisotopic (exact) mass is 225 g/mol. The number of carbonyl (C=O) groups is 2. The average molecular weight is 225 g/mol. The number of amidine groups is 1. The normalized spacial score (nSPS) is 20.1. The molecule has 0 bridgehead atoms. The Bertz CT molecular complexity index is 385. The Labute approximate surface area is 92.8 Å². The summed E-state index contributed by atoms with van der Waals surface area (Å²) < 4.78 is 0. The van der Waals surface area contributed by atoms with Crippen LogP contribution in [0.25, 0.3) is 0 Å². The molecular formula is C9H15N5O2. The zero-order valence-electron chi connectivity index (χ0n) is 8.99. The topological polar surface area (TPSA) is 137 Å². The Morgan fingerprint density at radius 1 is 1.44 bits per heavy atom. The minimum absolute atomic E-state index is 0.143. The maximum Gasteiger partial charge on any atom is 0.265 e. The predicted molar refractivity (Wildman–Crippen MR) is 58.9 cm³/mol. The van der Waals surface area contributed by atoms with Crippen molar-refractivity contribution in [2.24, 2.45) is 22.2 Å². The van der Waals surface area contributed by atoms with E-state index in [0.29, 0.717) is 17.8 Å². The zero-order chi connectivity index (χ0) is 12.3. The van der Waals surface area contributed by atoms with Crippen molar-refractivity contribution in [2.75, 3.05) is 0 Å². The summed E-state index contributed by atoms with van der Waals surface area (Å²) in [5.74, 6) is -0.588. The Morgan fingerprint density at radius 2 is 2.06 bits per heavy atom. The molecule has 0 spiro atoms. The lowest BCUT2D eigenvalue weighted by Crippen LogP contribution is -2.41. The number of carbonyl (C=O) groups excluding carboxylic acids is 2. The molecule has 1 unspecified atom stereocenters. The number of primary amides is 2. The van der Waals surface area contributed by atoms with Gasteiger partial charge in [-0.25, -0.2) is 4.99 Å². The van der Waals surface area contributed by atoms with Crippen LogP contribution in [0.3, 0.4) is 0 Å². The minimum Gasteiger partial charge on any atom is -0.370 e. The van der Waals surface area contributed by atoms with Gasteiger partial charge < -0.3 is 22.5 Å². The summed E-state index contributed by atoms with van der Waals surface area (Å²) in [5, 5.41) is 2.76. The second-order valence-corrected chi connectivity index (χ2v) is 3.53. The third-order valence-corrected chi connectivity index (χ3v) is 2.26. The van der Waals surface area contributed by atoms with E-state index in [1.165, 1.54) is 0 Å². The fourth-order valence-electron chi connectivity index (χ4n) is 1.31. The van der Waals surface area contributed by atoms with Gasteiger partial charge in [0.15, 0.2) is 0 Å². The smallest absolute Gasteiger partial charge is 0.265 e. The van der Waals surface area contributed by atoms with Gasteiger partial charge in [0.2, 0.25) is 5.91 Å². The first-order chi connectivity index (χ1) is 7.41. The predicted octanol–water partition coefficient (Wildman–Crippen LogP) is -1.70. The molecule has 0 radical (unpaired) electrons. The van der Waals surface area contributed by atoms with E-state index in [1.807, 2.05) is 0 Å². The third kappa shape index (κ3) is 2.80. The van der Waals surface area contributed by atoms with E-state index < -0.39 is 18.0 Å². The van der Waals surface area contributed by atoms with Gasteiger partial charge >= 0.3 is 0 Å². The largest absolute Gasteiger partial charge is 0.370 e. The Hall–Kier alpha value is -1.89. The number of hydrogen-bond donors (Lipinski definition) is 4. The Balaban J connectivity index is 2.76. The van der Waals surface area contributed by atoms with Crippen molar-refractivity contribution in [1.82, 2.24) is 5.32 Å². The number of rotatable bonds is 4. The molecule has 1 aliphatic rings. The lowest BCUT2D eigenvalue weighted by molar-refractivity contribution is -0.118. The van der Waals surface area contributed by atoms with E-state index in [4.69, 9.17) is 17.2 Å². The van der Waals surface area contributed by atoms with Gasteiger partial charge in [-0.3, -0.25) is 9.59 Å². The van der Waals surface area contributed by atoms with Gasteiger partial charge in [-0.05, 0) is 12.5 Å².